The van der Waals surface area contributed by atoms with Crippen molar-refractivity contribution in [3.8, 4) is 17.2 Å². The molecule has 1 atom stereocenters. The van der Waals surface area contributed by atoms with Crippen LogP contribution in [0.1, 0.15) is 28.4 Å². The zero-order valence-corrected chi connectivity index (χ0v) is 13.2. The standard InChI is InChI=1S/C20H16O4/c1-23-18-9-15(21)10-19-20(18)16(22)11-17(24-19)14-7-6-12-4-2-3-5-13(12)8-14/h2-10,17,21H,11H2,1H3. The molecule has 120 valence electrons. The second-order valence-corrected chi connectivity index (χ2v) is 5.86. The maximum atomic E-state index is 12.6. The van der Waals surface area contributed by atoms with E-state index in [0.29, 0.717) is 17.1 Å². The fourth-order valence-electron chi connectivity index (χ4n) is 3.16. The second-order valence-electron chi connectivity index (χ2n) is 5.86. The summed E-state index contributed by atoms with van der Waals surface area (Å²) in [6.07, 6.45) is -0.131. The van der Waals surface area contributed by atoms with Crippen LogP contribution in [0.25, 0.3) is 10.8 Å². The molecule has 1 unspecified atom stereocenters. The molecule has 1 aliphatic rings. The molecule has 1 heterocycles. The van der Waals surface area contributed by atoms with E-state index < -0.39 is 0 Å². The molecule has 0 spiro atoms. The molecule has 0 radical (unpaired) electrons. The monoisotopic (exact) mass is 320 g/mol. The van der Waals surface area contributed by atoms with Crippen LogP contribution in [0.3, 0.4) is 0 Å². The number of phenols is 1. The van der Waals surface area contributed by atoms with Crippen molar-refractivity contribution in [3.63, 3.8) is 0 Å². The van der Waals surface area contributed by atoms with Crippen molar-refractivity contribution in [2.45, 2.75) is 12.5 Å². The lowest BCUT2D eigenvalue weighted by molar-refractivity contribution is 0.0844. The zero-order valence-electron chi connectivity index (χ0n) is 13.2. The lowest BCUT2D eigenvalue weighted by Gasteiger charge is -2.27. The van der Waals surface area contributed by atoms with Gasteiger partial charge in [0.15, 0.2) is 5.78 Å². The van der Waals surface area contributed by atoms with E-state index in [1.54, 1.807) is 0 Å². The summed E-state index contributed by atoms with van der Waals surface area (Å²) in [5.41, 5.74) is 1.34. The van der Waals surface area contributed by atoms with Crippen LogP contribution in [-0.2, 0) is 0 Å². The van der Waals surface area contributed by atoms with Crippen LogP contribution < -0.4 is 9.47 Å². The van der Waals surface area contributed by atoms with Gasteiger partial charge in [-0.25, -0.2) is 0 Å². The Morgan fingerprint density at radius 1 is 1.08 bits per heavy atom. The molecule has 4 nitrogen and oxygen atoms in total. The lowest BCUT2D eigenvalue weighted by atomic mass is 9.94. The maximum Gasteiger partial charge on any atom is 0.174 e. The number of phenolic OH excluding ortho intramolecular Hbond substituents is 1. The van der Waals surface area contributed by atoms with Gasteiger partial charge in [-0.2, -0.15) is 0 Å². The molecule has 4 heteroatoms. The number of ketones is 1. The molecule has 24 heavy (non-hydrogen) atoms. The molecule has 1 aliphatic heterocycles. The van der Waals surface area contributed by atoms with Gasteiger partial charge in [-0.1, -0.05) is 36.4 Å². The summed E-state index contributed by atoms with van der Waals surface area (Å²) in [5.74, 6) is 0.664. The van der Waals surface area contributed by atoms with Crippen molar-refractivity contribution in [1.82, 2.24) is 0 Å². The molecule has 0 amide bonds. The minimum Gasteiger partial charge on any atom is -0.508 e. The van der Waals surface area contributed by atoms with Gasteiger partial charge in [0.05, 0.1) is 13.5 Å². The van der Waals surface area contributed by atoms with Crippen molar-refractivity contribution in [2.24, 2.45) is 0 Å². The number of ether oxygens (including phenoxy) is 2. The number of carbonyl (C=O) groups excluding carboxylic acids is 1. The van der Waals surface area contributed by atoms with Crippen LogP contribution in [0.4, 0.5) is 0 Å². The first-order valence-corrected chi connectivity index (χ1v) is 7.75. The number of fused-ring (bicyclic) bond motifs is 2. The van der Waals surface area contributed by atoms with Gasteiger partial charge < -0.3 is 14.6 Å². The molecular weight excluding hydrogens is 304 g/mol. The van der Waals surface area contributed by atoms with Crippen LogP contribution in [0.5, 0.6) is 17.2 Å². The highest BCUT2D eigenvalue weighted by molar-refractivity contribution is 6.03. The van der Waals surface area contributed by atoms with Gasteiger partial charge in [0.1, 0.15) is 28.9 Å². The molecular formula is C20H16O4. The van der Waals surface area contributed by atoms with Gasteiger partial charge in [-0.05, 0) is 22.4 Å². The number of rotatable bonds is 2. The molecule has 0 saturated heterocycles. The van der Waals surface area contributed by atoms with Gasteiger partial charge >= 0.3 is 0 Å². The third kappa shape index (κ3) is 2.36. The molecule has 3 aromatic carbocycles. The van der Waals surface area contributed by atoms with Crippen molar-refractivity contribution < 1.29 is 19.4 Å². The number of Topliss-reactive ketones (excluding diaryl/α,β-unsaturated/α-hetero) is 1. The van der Waals surface area contributed by atoms with E-state index in [1.165, 1.54) is 19.2 Å². The fourth-order valence-corrected chi connectivity index (χ4v) is 3.16. The summed E-state index contributed by atoms with van der Waals surface area (Å²) in [4.78, 5) is 12.6. The molecule has 3 aromatic rings. The SMILES string of the molecule is COc1cc(O)cc2c1C(=O)CC(c1ccc3ccccc3c1)O2. The quantitative estimate of drug-likeness (QED) is 0.766. The maximum absolute atomic E-state index is 12.6. The summed E-state index contributed by atoms with van der Waals surface area (Å²) < 4.78 is 11.2. The molecule has 0 saturated carbocycles. The van der Waals surface area contributed by atoms with Gasteiger partial charge in [0.2, 0.25) is 0 Å². The van der Waals surface area contributed by atoms with Gasteiger partial charge in [0, 0.05) is 12.1 Å². The molecule has 0 fully saturated rings. The van der Waals surface area contributed by atoms with E-state index in [0.717, 1.165) is 16.3 Å². The highest BCUT2D eigenvalue weighted by atomic mass is 16.5. The highest BCUT2D eigenvalue weighted by Crippen LogP contribution is 2.42. The first-order valence-electron chi connectivity index (χ1n) is 7.75. The second kappa shape index (κ2) is 5.57. The predicted molar refractivity (Wildman–Crippen MR) is 90.9 cm³/mol. The number of methoxy groups -OCH3 is 1. The van der Waals surface area contributed by atoms with Gasteiger partial charge in [-0.3, -0.25) is 4.79 Å². The first kappa shape index (κ1) is 14.6. The largest absolute Gasteiger partial charge is 0.508 e. The Kier molecular flexibility index (Phi) is 3.38. The first-order chi connectivity index (χ1) is 11.7. The lowest BCUT2D eigenvalue weighted by Crippen LogP contribution is -2.21. The fraction of sp³-hybridized carbons (Fsp3) is 0.150. The van der Waals surface area contributed by atoms with E-state index >= 15 is 0 Å². The van der Waals surface area contributed by atoms with E-state index in [1.807, 2.05) is 42.5 Å². The smallest absolute Gasteiger partial charge is 0.174 e. The molecule has 0 aromatic heterocycles. The highest BCUT2D eigenvalue weighted by Gasteiger charge is 2.31. The van der Waals surface area contributed by atoms with Crippen LogP contribution in [0, 0.1) is 0 Å². The third-order valence-electron chi connectivity index (χ3n) is 4.33. The number of benzene rings is 3. The van der Waals surface area contributed by atoms with Crippen molar-refractivity contribution in [2.75, 3.05) is 7.11 Å². The van der Waals surface area contributed by atoms with Crippen LogP contribution in [0.15, 0.2) is 54.6 Å². The minimum atomic E-state index is -0.374. The number of aromatic hydroxyl groups is 1. The van der Waals surface area contributed by atoms with E-state index in [2.05, 4.69) is 0 Å². The molecule has 0 aliphatic carbocycles. The predicted octanol–water partition coefficient (Wildman–Crippen LogP) is 4.26. The van der Waals surface area contributed by atoms with Crippen LogP contribution in [0.2, 0.25) is 0 Å². The molecule has 0 bridgehead atoms. The van der Waals surface area contributed by atoms with E-state index in [4.69, 9.17) is 9.47 Å². The summed E-state index contributed by atoms with van der Waals surface area (Å²) in [7, 11) is 1.47. The Hall–Kier alpha value is -3.01. The average molecular weight is 320 g/mol. The molecule has 1 N–H and O–H groups in total. The number of hydrogen-bond acceptors (Lipinski definition) is 4. The third-order valence-corrected chi connectivity index (χ3v) is 4.33. The Balaban J connectivity index is 1.76. The average Bonchev–Trinajstić information content (AvgIpc) is 2.60. The summed E-state index contributed by atoms with van der Waals surface area (Å²) in [6, 6.07) is 17.0. The Morgan fingerprint density at radius 2 is 1.88 bits per heavy atom. The topological polar surface area (TPSA) is 55.8 Å². The van der Waals surface area contributed by atoms with Crippen LogP contribution in [-0.4, -0.2) is 18.0 Å². The number of hydrogen-bond donors (Lipinski definition) is 1. The van der Waals surface area contributed by atoms with Crippen molar-refractivity contribution >= 4 is 16.6 Å². The molecule has 4 rings (SSSR count). The van der Waals surface area contributed by atoms with Gasteiger partial charge in [-0.15, -0.1) is 0 Å². The Bertz CT molecular complexity index is 946. The summed E-state index contributed by atoms with van der Waals surface area (Å²) in [6.45, 7) is 0. The zero-order chi connectivity index (χ0) is 16.7. The van der Waals surface area contributed by atoms with E-state index in [9.17, 15) is 9.90 Å². The minimum absolute atomic E-state index is 0.0116. The Labute approximate surface area is 139 Å². The van der Waals surface area contributed by atoms with Crippen LogP contribution >= 0.6 is 0 Å². The van der Waals surface area contributed by atoms with Crippen molar-refractivity contribution in [1.29, 1.82) is 0 Å². The van der Waals surface area contributed by atoms with E-state index in [-0.39, 0.29) is 24.1 Å². The number of carbonyl (C=O) groups is 1. The summed E-state index contributed by atoms with van der Waals surface area (Å²) >= 11 is 0. The normalized spacial score (nSPS) is 16.5. The Morgan fingerprint density at radius 3 is 2.67 bits per heavy atom. The van der Waals surface area contributed by atoms with Gasteiger partial charge in [0.25, 0.3) is 0 Å². The summed E-state index contributed by atoms with van der Waals surface area (Å²) in [5, 5.41) is 12.1. The van der Waals surface area contributed by atoms with Crippen molar-refractivity contribution in [3.05, 3.63) is 65.7 Å².